The van der Waals surface area contributed by atoms with E-state index in [1.165, 1.54) is 12.4 Å². The van der Waals surface area contributed by atoms with Gasteiger partial charge in [-0.3, -0.25) is 4.79 Å². The highest BCUT2D eigenvalue weighted by Crippen LogP contribution is 2.11. The van der Waals surface area contributed by atoms with Gasteiger partial charge in [0, 0.05) is 5.56 Å². The maximum Gasteiger partial charge on any atom is 0.256 e. The third-order valence-electron chi connectivity index (χ3n) is 2.35. The van der Waals surface area contributed by atoms with Gasteiger partial charge in [0.25, 0.3) is 5.91 Å². The van der Waals surface area contributed by atoms with Gasteiger partial charge in [-0.1, -0.05) is 28.8 Å². The van der Waals surface area contributed by atoms with Crippen LogP contribution in [0.4, 0.5) is 5.82 Å². The smallest absolute Gasteiger partial charge is 0.256 e. The zero-order valence-electron chi connectivity index (χ0n) is 10.1. The van der Waals surface area contributed by atoms with Gasteiger partial charge >= 0.3 is 0 Å². The molecule has 0 bridgehead atoms. The molecule has 1 amide bonds. The number of amides is 1. The first-order valence-corrected chi connectivity index (χ1v) is 5.79. The molecule has 4 nitrogen and oxygen atoms in total. The fourth-order valence-corrected chi connectivity index (χ4v) is 1.77. The van der Waals surface area contributed by atoms with Crippen molar-refractivity contribution in [1.29, 1.82) is 0 Å². The van der Waals surface area contributed by atoms with Crippen LogP contribution in [0.1, 0.15) is 21.5 Å². The van der Waals surface area contributed by atoms with Crippen LogP contribution in [-0.4, -0.2) is 15.9 Å². The second kappa shape index (κ2) is 5.14. The van der Waals surface area contributed by atoms with Crippen LogP contribution in [-0.2, 0) is 0 Å². The second-order valence-electron chi connectivity index (χ2n) is 4.05. The van der Waals surface area contributed by atoms with E-state index in [1.54, 1.807) is 0 Å². The number of anilines is 1. The standard InChI is InChI=1S/C13H12ClN3O/c1-8-3-9(2)5-10(4-8)13(18)17-12-7-15-11(14)6-16-12/h3-7H,1-2H3,(H,16,17,18). The zero-order chi connectivity index (χ0) is 13.1. The number of carbonyl (C=O) groups is 1. The lowest BCUT2D eigenvalue weighted by molar-refractivity contribution is 0.102. The fourth-order valence-electron chi connectivity index (χ4n) is 1.67. The molecule has 1 aromatic carbocycles. The lowest BCUT2D eigenvalue weighted by atomic mass is 10.1. The molecule has 92 valence electrons. The van der Waals surface area contributed by atoms with Crippen molar-refractivity contribution in [3.05, 3.63) is 52.4 Å². The highest BCUT2D eigenvalue weighted by molar-refractivity contribution is 6.29. The molecule has 0 aliphatic heterocycles. The largest absolute Gasteiger partial charge is 0.305 e. The summed E-state index contributed by atoms with van der Waals surface area (Å²) in [6.45, 7) is 3.90. The fraction of sp³-hybridized carbons (Fsp3) is 0.154. The van der Waals surface area contributed by atoms with Crippen molar-refractivity contribution in [3.63, 3.8) is 0 Å². The average molecular weight is 262 g/mol. The first-order chi connectivity index (χ1) is 8.54. The number of carbonyl (C=O) groups excluding carboxylic acids is 1. The SMILES string of the molecule is Cc1cc(C)cc(C(=O)Nc2cnc(Cl)cn2)c1. The van der Waals surface area contributed by atoms with E-state index in [1.807, 2.05) is 32.0 Å². The first kappa shape index (κ1) is 12.5. The van der Waals surface area contributed by atoms with Crippen molar-refractivity contribution in [1.82, 2.24) is 9.97 Å². The molecule has 0 unspecified atom stereocenters. The predicted octanol–water partition coefficient (Wildman–Crippen LogP) is 3.00. The lowest BCUT2D eigenvalue weighted by Crippen LogP contribution is -2.13. The number of rotatable bonds is 2. The Bertz CT molecular complexity index is 561. The van der Waals surface area contributed by atoms with E-state index in [-0.39, 0.29) is 5.91 Å². The van der Waals surface area contributed by atoms with Gasteiger partial charge in [-0.25, -0.2) is 9.97 Å². The number of hydrogen-bond acceptors (Lipinski definition) is 3. The van der Waals surface area contributed by atoms with Gasteiger partial charge in [0.15, 0.2) is 5.82 Å². The van der Waals surface area contributed by atoms with Crippen molar-refractivity contribution < 1.29 is 4.79 Å². The first-order valence-electron chi connectivity index (χ1n) is 5.42. The minimum absolute atomic E-state index is 0.210. The number of halogens is 1. The summed E-state index contributed by atoms with van der Waals surface area (Å²) < 4.78 is 0. The van der Waals surface area contributed by atoms with Crippen molar-refractivity contribution in [2.75, 3.05) is 5.32 Å². The van der Waals surface area contributed by atoms with Crippen LogP contribution in [0.15, 0.2) is 30.6 Å². The van der Waals surface area contributed by atoms with Gasteiger partial charge in [0.1, 0.15) is 5.15 Å². The lowest BCUT2D eigenvalue weighted by Gasteiger charge is -2.06. The minimum atomic E-state index is -0.210. The van der Waals surface area contributed by atoms with Crippen molar-refractivity contribution in [3.8, 4) is 0 Å². The van der Waals surface area contributed by atoms with Gasteiger partial charge in [-0.05, 0) is 26.0 Å². The maximum atomic E-state index is 12.0. The molecule has 1 heterocycles. The van der Waals surface area contributed by atoms with Gasteiger partial charge < -0.3 is 5.32 Å². The molecular weight excluding hydrogens is 250 g/mol. The number of aromatic nitrogens is 2. The Morgan fingerprint density at radius 2 is 1.78 bits per heavy atom. The summed E-state index contributed by atoms with van der Waals surface area (Å²) in [6, 6.07) is 5.66. The molecular formula is C13H12ClN3O. The Morgan fingerprint density at radius 3 is 2.33 bits per heavy atom. The van der Waals surface area contributed by atoms with E-state index in [2.05, 4.69) is 15.3 Å². The normalized spacial score (nSPS) is 10.2. The summed E-state index contributed by atoms with van der Waals surface area (Å²) in [6.07, 6.45) is 2.81. The Labute approximate surface area is 110 Å². The molecule has 2 rings (SSSR count). The molecule has 0 radical (unpaired) electrons. The van der Waals surface area contributed by atoms with Crippen LogP contribution in [0.25, 0.3) is 0 Å². The van der Waals surface area contributed by atoms with Crippen LogP contribution in [0.2, 0.25) is 5.15 Å². The number of hydrogen-bond donors (Lipinski definition) is 1. The zero-order valence-corrected chi connectivity index (χ0v) is 10.8. The van der Waals surface area contributed by atoms with E-state index < -0.39 is 0 Å². The Balaban J connectivity index is 2.19. The van der Waals surface area contributed by atoms with Crippen LogP contribution in [0.5, 0.6) is 0 Å². The van der Waals surface area contributed by atoms with E-state index in [0.717, 1.165) is 11.1 Å². The summed E-state index contributed by atoms with van der Waals surface area (Å²) in [5, 5.41) is 2.96. The average Bonchev–Trinajstić information content (AvgIpc) is 2.31. The van der Waals surface area contributed by atoms with Gasteiger partial charge in [0.05, 0.1) is 12.4 Å². The summed E-state index contributed by atoms with van der Waals surface area (Å²) in [5.41, 5.74) is 2.69. The molecule has 0 aliphatic carbocycles. The molecule has 0 fully saturated rings. The quantitative estimate of drug-likeness (QED) is 0.904. The van der Waals surface area contributed by atoms with Gasteiger partial charge in [-0.15, -0.1) is 0 Å². The highest BCUT2D eigenvalue weighted by Gasteiger charge is 2.08. The van der Waals surface area contributed by atoms with Gasteiger partial charge in [-0.2, -0.15) is 0 Å². The third kappa shape index (κ3) is 3.05. The van der Waals surface area contributed by atoms with E-state index in [0.29, 0.717) is 16.5 Å². The third-order valence-corrected chi connectivity index (χ3v) is 2.54. The van der Waals surface area contributed by atoms with E-state index in [9.17, 15) is 4.79 Å². The van der Waals surface area contributed by atoms with Crippen LogP contribution in [0.3, 0.4) is 0 Å². The molecule has 0 aliphatic rings. The van der Waals surface area contributed by atoms with Gasteiger partial charge in [0.2, 0.25) is 0 Å². The summed E-state index contributed by atoms with van der Waals surface area (Å²) in [4.78, 5) is 19.8. The molecule has 0 spiro atoms. The van der Waals surface area contributed by atoms with Crippen molar-refractivity contribution in [2.45, 2.75) is 13.8 Å². The molecule has 1 aromatic heterocycles. The minimum Gasteiger partial charge on any atom is -0.305 e. The number of aryl methyl sites for hydroxylation is 2. The Morgan fingerprint density at radius 1 is 1.11 bits per heavy atom. The van der Waals surface area contributed by atoms with E-state index in [4.69, 9.17) is 11.6 Å². The highest BCUT2D eigenvalue weighted by atomic mass is 35.5. The summed E-state index contributed by atoms with van der Waals surface area (Å²) in [5.74, 6) is 0.169. The van der Waals surface area contributed by atoms with E-state index >= 15 is 0 Å². The monoisotopic (exact) mass is 261 g/mol. The Kier molecular flexibility index (Phi) is 3.58. The predicted molar refractivity (Wildman–Crippen MR) is 70.9 cm³/mol. The topological polar surface area (TPSA) is 54.9 Å². The molecule has 1 N–H and O–H groups in total. The molecule has 18 heavy (non-hydrogen) atoms. The van der Waals surface area contributed by atoms with Crippen LogP contribution >= 0.6 is 11.6 Å². The molecule has 5 heteroatoms. The number of nitrogens with zero attached hydrogens (tertiary/aromatic N) is 2. The molecule has 2 aromatic rings. The van der Waals surface area contributed by atoms with Crippen molar-refractivity contribution >= 4 is 23.3 Å². The van der Waals surface area contributed by atoms with Crippen molar-refractivity contribution in [2.24, 2.45) is 0 Å². The van der Waals surface area contributed by atoms with Crippen LogP contribution < -0.4 is 5.32 Å². The number of nitrogens with one attached hydrogen (secondary N) is 1. The number of benzene rings is 1. The maximum absolute atomic E-state index is 12.0. The molecule has 0 saturated carbocycles. The Hall–Kier alpha value is -1.94. The molecule has 0 atom stereocenters. The summed E-state index contributed by atoms with van der Waals surface area (Å²) in [7, 11) is 0. The summed E-state index contributed by atoms with van der Waals surface area (Å²) >= 11 is 5.62. The molecule has 0 saturated heterocycles. The second-order valence-corrected chi connectivity index (χ2v) is 4.44. The van der Waals surface area contributed by atoms with Crippen LogP contribution in [0, 0.1) is 13.8 Å².